The third kappa shape index (κ3) is 3.98. The average Bonchev–Trinajstić information content (AvgIpc) is 3.49. The summed E-state index contributed by atoms with van der Waals surface area (Å²) in [6.07, 6.45) is -1.62. The molecule has 1 unspecified atom stereocenters. The van der Waals surface area contributed by atoms with Gasteiger partial charge in [-0.3, -0.25) is 9.48 Å². The highest BCUT2D eigenvalue weighted by atomic mass is 19.4. The van der Waals surface area contributed by atoms with Gasteiger partial charge < -0.3 is 4.90 Å². The van der Waals surface area contributed by atoms with Crippen LogP contribution >= 0.6 is 0 Å². The maximum absolute atomic E-state index is 14.6. The first-order valence-electron chi connectivity index (χ1n) is 10.8. The van der Waals surface area contributed by atoms with Crippen molar-refractivity contribution in [3.63, 3.8) is 0 Å². The van der Waals surface area contributed by atoms with Crippen molar-refractivity contribution < 1.29 is 22.4 Å². The fraction of sp³-hybridized carbons (Fsp3) is 0.208. The van der Waals surface area contributed by atoms with Gasteiger partial charge in [0.1, 0.15) is 11.5 Å². The average molecular weight is 495 g/mol. The second kappa shape index (κ2) is 8.60. The molecule has 0 saturated carbocycles. The molecule has 2 aromatic carbocycles. The lowest BCUT2D eigenvalue weighted by Crippen LogP contribution is -2.39. The quantitative estimate of drug-likeness (QED) is 0.403. The standard InChI is InChI=1S/C24H17F4N7O/c1-33-11-16(10-30-33)18-13-34(12-15-4-2-3-5-17(15)18)23(36)21-22(24(26,27)28)35(32-31-21)20-7-6-14(9-29)8-19(20)25/h2-8,10-11,18H,12-13H2,1H3. The number of halogens is 4. The number of hydrogen-bond acceptors (Lipinski definition) is 5. The molecule has 0 fully saturated rings. The van der Waals surface area contributed by atoms with Gasteiger partial charge in [0.15, 0.2) is 11.4 Å². The van der Waals surface area contributed by atoms with Gasteiger partial charge in [0.25, 0.3) is 5.91 Å². The van der Waals surface area contributed by atoms with E-state index in [1.807, 2.05) is 18.2 Å². The second-order valence-corrected chi connectivity index (χ2v) is 8.36. The summed E-state index contributed by atoms with van der Waals surface area (Å²) in [6.45, 7) is 0.165. The molecule has 0 radical (unpaired) electrons. The number of carbonyl (C=O) groups is 1. The molecule has 0 saturated heterocycles. The first-order chi connectivity index (χ1) is 17.2. The summed E-state index contributed by atoms with van der Waals surface area (Å²) in [7, 11) is 1.75. The summed E-state index contributed by atoms with van der Waals surface area (Å²) in [4.78, 5) is 14.7. The van der Waals surface area contributed by atoms with Crippen LogP contribution in [-0.4, -0.2) is 42.1 Å². The zero-order valence-electron chi connectivity index (χ0n) is 18.7. The lowest BCUT2D eigenvalue weighted by atomic mass is 9.86. The number of rotatable bonds is 3. The molecule has 36 heavy (non-hydrogen) atoms. The van der Waals surface area contributed by atoms with Crippen molar-refractivity contribution in [3.8, 4) is 11.8 Å². The Morgan fingerprint density at radius 3 is 2.64 bits per heavy atom. The van der Waals surface area contributed by atoms with Crippen molar-refractivity contribution in [1.82, 2.24) is 29.7 Å². The number of alkyl halides is 3. The molecule has 0 bridgehead atoms. The van der Waals surface area contributed by atoms with Crippen molar-refractivity contribution in [3.05, 3.63) is 94.3 Å². The largest absolute Gasteiger partial charge is 0.435 e. The van der Waals surface area contributed by atoms with Gasteiger partial charge >= 0.3 is 6.18 Å². The van der Waals surface area contributed by atoms with Crippen LogP contribution in [0.1, 0.15) is 44.4 Å². The van der Waals surface area contributed by atoms with Crippen LogP contribution in [-0.2, 0) is 19.8 Å². The Labute approximate surface area is 202 Å². The zero-order valence-corrected chi connectivity index (χ0v) is 18.7. The molecule has 0 N–H and O–H groups in total. The minimum atomic E-state index is -5.06. The third-order valence-corrected chi connectivity index (χ3v) is 6.06. The van der Waals surface area contributed by atoms with Crippen LogP contribution in [0.4, 0.5) is 17.6 Å². The fourth-order valence-electron chi connectivity index (χ4n) is 4.41. The lowest BCUT2D eigenvalue weighted by Gasteiger charge is -2.34. The number of benzene rings is 2. The molecule has 182 valence electrons. The fourth-order valence-corrected chi connectivity index (χ4v) is 4.41. The summed E-state index contributed by atoms with van der Waals surface area (Å²) in [5.74, 6) is -2.40. The predicted molar refractivity (Wildman–Crippen MR) is 117 cm³/mol. The molecule has 0 aliphatic carbocycles. The van der Waals surface area contributed by atoms with E-state index in [1.54, 1.807) is 36.3 Å². The lowest BCUT2D eigenvalue weighted by molar-refractivity contribution is -0.143. The smallest absolute Gasteiger partial charge is 0.332 e. The van der Waals surface area contributed by atoms with Crippen molar-refractivity contribution in [2.75, 3.05) is 6.54 Å². The molecule has 4 aromatic rings. The van der Waals surface area contributed by atoms with Crippen LogP contribution in [0.2, 0.25) is 0 Å². The normalized spacial score (nSPS) is 15.4. The summed E-state index contributed by atoms with van der Waals surface area (Å²) < 4.78 is 58.9. The number of nitriles is 1. The zero-order chi connectivity index (χ0) is 25.6. The first-order valence-corrected chi connectivity index (χ1v) is 10.8. The minimum Gasteiger partial charge on any atom is -0.332 e. The van der Waals surface area contributed by atoms with Gasteiger partial charge in [-0.2, -0.15) is 23.5 Å². The Balaban J connectivity index is 1.57. The van der Waals surface area contributed by atoms with E-state index in [4.69, 9.17) is 5.26 Å². The van der Waals surface area contributed by atoms with E-state index in [2.05, 4.69) is 15.4 Å². The maximum atomic E-state index is 14.6. The predicted octanol–water partition coefficient (Wildman–Crippen LogP) is 3.82. The molecule has 1 amide bonds. The van der Waals surface area contributed by atoms with E-state index in [1.165, 1.54) is 4.90 Å². The molecule has 1 aliphatic heterocycles. The van der Waals surface area contributed by atoms with Gasteiger partial charge in [-0.25, -0.2) is 9.07 Å². The highest BCUT2D eigenvalue weighted by Crippen LogP contribution is 2.37. The maximum Gasteiger partial charge on any atom is 0.435 e. The second-order valence-electron chi connectivity index (χ2n) is 8.36. The summed E-state index contributed by atoms with van der Waals surface area (Å²) in [5.41, 5.74) is -0.538. The SMILES string of the molecule is Cn1cc(C2CN(C(=O)c3nnn(-c4ccc(C#N)cc4F)c3C(F)(F)F)Cc3ccccc32)cn1. The Hall–Kier alpha value is -4.53. The topological polar surface area (TPSA) is 92.6 Å². The highest BCUT2D eigenvalue weighted by molar-refractivity contribution is 5.94. The molecule has 1 atom stereocenters. The summed E-state index contributed by atoms with van der Waals surface area (Å²) in [5, 5.41) is 20.1. The Morgan fingerprint density at radius 1 is 1.19 bits per heavy atom. The van der Waals surface area contributed by atoms with Crippen LogP contribution in [0, 0.1) is 17.1 Å². The third-order valence-electron chi connectivity index (χ3n) is 6.06. The Kier molecular flexibility index (Phi) is 5.55. The number of carbonyl (C=O) groups excluding carboxylic acids is 1. The van der Waals surface area contributed by atoms with Crippen LogP contribution in [0.3, 0.4) is 0 Å². The van der Waals surface area contributed by atoms with Gasteiger partial charge in [0.05, 0.1) is 17.8 Å². The van der Waals surface area contributed by atoms with Gasteiger partial charge in [-0.05, 0) is 34.9 Å². The first kappa shape index (κ1) is 23.2. The van der Waals surface area contributed by atoms with E-state index in [0.29, 0.717) is 0 Å². The van der Waals surface area contributed by atoms with E-state index < -0.39 is 35.0 Å². The van der Waals surface area contributed by atoms with Crippen molar-refractivity contribution in [2.24, 2.45) is 7.05 Å². The minimum absolute atomic E-state index is 0.0706. The molecular formula is C24H17F4N7O. The molecule has 8 nitrogen and oxygen atoms in total. The van der Waals surface area contributed by atoms with Crippen molar-refractivity contribution in [1.29, 1.82) is 5.26 Å². The number of amides is 1. The summed E-state index contributed by atoms with van der Waals surface area (Å²) in [6, 6.07) is 12.0. The van der Waals surface area contributed by atoms with Gasteiger partial charge in [0.2, 0.25) is 0 Å². The molecule has 12 heteroatoms. The number of aryl methyl sites for hydroxylation is 1. The number of fused-ring (bicyclic) bond motifs is 1. The molecule has 3 heterocycles. The monoisotopic (exact) mass is 495 g/mol. The van der Waals surface area contributed by atoms with Crippen LogP contribution in [0.25, 0.3) is 5.69 Å². The molecule has 5 rings (SSSR count). The summed E-state index contributed by atoms with van der Waals surface area (Å²) >= 11 is 0. The van der Waals surface area contributed by atoms with Crippen LogP contribution in [0.15, 0.2) is 54.9 Å². The molecule has 2 aromatic heterocycles. The van der Waals surface area contributed by atoms with E-state index >= 15 is 0 Å². The van der Waals surface area contributed by atoms with Gasteiger partial charge in [0, 0.05) is 32.3 Å². The van der Waals surface area contributed by atoms with Crippen LogP contribution < -0.4 is 0 Å². The van der Waals surface area contributed by atoms with Crippen molar-refractivity contribution in [2.45, 2.75) is 18.6 Å². The number of nitrogens with zero attached hydrogens (tertiary/aromatic N) is 7. The highest BCUT2D eigenvalue weighted by Gasteiger charge is 2.44. The van der Waals surface area contributed by atoms with E-state index in [-0.39, 0.29) is 29.3 Å². The van der Waals surface area contributed by atoms with E-state index in [0.717, 1.165) is 34.9 Å². The Morgan fingerprint density at radius 2 is 1.97 bits per heavy atom. The van der Waals surface area contributed by atoms with E-state index in [9.17, 15) is 22.4 Å². The molecular weight excluding hydrogens is 478 g/mol. The molecule has 0 spiro atoms. The van der Waals surface area contributed by atoms with Crippen molar-refractivity contribution >= 4 is 5.91 Å². The van der Waals surface area contributed by atoms with Gasteiger partial charge in [-0.1, -0.05) is 29.5 Å². The molecule has 1 aliphatic rings. The number of hydrogen-bond donors (Lipinski definition) is 0. The van der Waals surface area contributed by atoms with Crippen LogP contribution in [0.5, 0.6) is 0 Å². The Bertz CT molecular complexity index is 1520. The van der Waals surface area contributed by atoms with Gasteiger partial charge in [-0.15, -0.1) is 5.10 Å². The number of aromatic nitrogens is 5.